The first kappa shape index (κ1) is 21.1. The quantitative estimate of drug-likeness (QED) is 0.556. The van der Waals surface area contributed by atoms with Crippen molar-refractivity contribution in [3.05, 3.63) is 59.9 Å². The number of benzene rings is 2. The van der Waals surface area contributed by atoms with Gasteiger partial charge in [-0.3, -0.25) is 9.59 Å². The highest BCUT2D eigenvalue weighted by Gasteiger charge is 2.28. The van der Waals surface area contributed by atoms with Gasteiger partial charge in [0.1, 0.15) is 23.3 Å². The molecule has 3 aromatic rings. The zero-order valence-corrected chi connectivity index (χ0v) is 17.1. The summed E-state index contributed by atoms with van der Waals surface area (Å²) in [7, 11) is 0. The molecule has 32 heavy (non-hydrogen) atoms. The molecule has 4 rings (SSSR count). The minimum absolute atomic E-state index is 0.00366. The molecule has 1 amide bonds. The molecule has 1 aromatic heterocycles. The van der Waals surface area contributed by atoms with Crippen LogP contribution in [0.4, 0.5) is 0 Å². The molecular formula is C24H21N3O5. The SMILES string of the molecule is N#Cc1nc(C(=O)NC2CCC(C(=O)O)CC2)c(O)c2ccc(Oc3ccccc3)cc12. The Morgan fingerprint density at radius 2 is 1.75 bits per heavy atom. The van der Waals surface area contributed by atoms with E-state index in [1.165, 1.54) is 0 Å². The zero-order chi connectivity index (χ0) is 22.7. The number of rotatable bonds is 5. The summed E-state index contributed by atoms with van der Waals surface area (Å²) >= 11 is 0. The fourth-order valence-electron chi connectivity index (χ4n) is 3.95. The van der Waals surface area contributed by atoms with E-state index in [4.69, 9.17) is 9.84 Å². The number of fused-ring (bicyclic) bond motifs is 1. The number of nitrogens with zero attached hydrogens (tertiary/aromatic N) is 2. The van der Waals surface area contributed by atoms with E-state index in [-0.39, 0.29) is 23.2 Å². The highest BCUT2D eigenvalue weighted by atomic mass is 16.5. The molecule has 0 saturated heterocycles. The van der Waals surface area contributed by atoms with E-state index in [1.54, 1.807) is 30.3 Å². The van der Waals surface area contributed by atoms with Gasteiger partial charge < -0.3 is 20.3 Å². The molecule has 162 valence electrons. The van der Waals surface area contributed by atoms with Gasteiger partial charge in [-0.2, -0.15) is 5.26 Å². The smallest absolute Gasteiger partial charge is 0.306 e. The number of carboxylic acid groups (broad SMARTS) is 1. The van der Waals surface area contributed by atoms with Gasteiger partial charge in [0.05, 0.1) is 5.92 Å². The number of carbonyl (C=O) groups excluding carboxylic acids is 1. The first-order chi connectivity index (χ1) is 15.5. The van der Waals surface area contributed by atoms with Crippen LogP contribution in [-0.2, 0) is 4.79 Å². The Morgan fingerprint density at radius 3 is 2.41 bits per heavy atom. The van der Waals surface area contributed by atoms with Gasteiger partial charge in [0.2, 0.25) is 0 Å². The number of ether oxygens (including phenoxy) is 1. The Hall–Kier alpha value is -4.12. The number of nitriles is 1. The van der Waals surface area contributed by atoms with Crippen LogP contribution in [0.3, 0.4) is 0 Å². The number of para-hydroxylation sites is 1. The summed E-state index contributed by atoms with van der Waals surface area (Å²) in [6.45, 7) is 0. The van der Waals surface area contributed by atoms with Crippen molar-refractivity contribution in [1.29, 1.82) is 5.26 Å². The number of nitrogens with one attached hydrogen (secondary N) is 1. The van der Waals surface area contributed by atoms with Gasteiger partial charge in [-0.25, -0.2) is 4.98 Å². The lowest BCUT2D eigenvalue weighted by Gasteiger charge is -2.26. The molecule has 1 aliphatic rings. The minimum Gasteiger partial charge on any atom is -0.505 e. The predicted molar refractivity (Wildman–Crippen MR) is 115 cm³/mol. The summed E-state index contributed by atoms with van der Waals surface area (Å²) in [5.41, 5.74) is -0.234. The highest BCUT2D eigenvalue weighted by Crippen LogP contribution is 2.34. The Labute approximate surface area is 184 Å². The Balaban J connectivity index is 1.58. The van der Waals surface area contributed by atoms with E-state index in [1.807, 2.05) is 24.3 Å². The third-order valence-electron chi connectivity index (χ3n) is 5.66. The number of pyridine rings is 1. The van der Waals surface area contributed by atoms with E-state index in [9.17, 15) is 20.0 Å². The van der Waals surface area contributed by atoms with Crippen LogP contribution in [0.25, 0.3) is 10.8 Å². The lowest BCUT2D eigenvalue weighted by Crippen LogP contribution is -2.39. The van der Waals surface area contributed by atoms with Crippen LogP contribution >= 0.6 is 0 Å². The molecule has 1 saturated carbocycles. The lowest BCUT2D eigenvalue weighted by atomic mass is 9.86. The van der Waals surface area contributed by atoms with Crippen molar-refractivity contribution in [2.45, 2.75) is 31.7 Å². The third kappa shape index (κ3) is 4.32. The molecule has 8 heteroatoms. The van der Waals surface area contributed by atoms with Gasteiger partial charge in [-0.15, -0.1) is 0 Å². The molecule has 0 bridgehead atoms. The van der Waals surface area contributed by atoms with Crippen LogP contribution in [0.5, 0.6) is 17.2 Å². The van der Waals surface area contributed by atoms with Crippen molar-refractivity contribution in [3.63, 3.8) is 0 Å². The largest absolute Gasteiger partial charge is 0.505 e. The average Bonchev–Trinajstić information content (AvgIpc) is 2.80. The molecule has 0 unspecified atom stereocenters. The number of aromatic hydroxyl groups is 1. The Kier molecular flexibility index (Phi) is 5.90. The van der Waals surface area contributed by atoms with Gasteiger partial charge in [0.15, 0.2) is 11.4 Å². The molecule has 1 heterocycles. The predicted octanol–water partition coefficient (Wildman–Crippen LogP) is 3.98. The Bertz CT molecular complexity index is 1210. The van der Waals surface area contributed by atoms with E-state index in [0.717, 1.165) is 0 Å². The Morgan fingerprint density at radius 1 is 1.03 bits per heavy atom. The monoisotopic (exact) mass is 431 g/mol. The molecule has 1 fully saturated rings. The summed E-state index contributed by atoms with van der Waals surface area (Å²) in [6, 6.07) is 15.7. The van der Waals surface area contributed by atoms with Crippen LogP contribution in [0.2, 0.25) is 0 Å². The number of hydrogen-bond acceptors (Lipinski definition) is 6. The van der Waals surface area contributed by atoms with Crippen molar-refractivity contribution < 1.29 is 24.5 Å². The van der Waals surface area contributed by atoms with E-state index >= 15 is 0 Å². The first-order valence-electron chi connectivity index (χ1n) is 10.3. The van der Waals surface area contributed by atoms with Crippen LogP contribution in [-0.4, -0.2) is 33.1 Å². The van der Waals surface area contributed by atoms with Gasteiger partial charge >= 0.3 is 5.97 Å². The number of amides is 1. The van der Waals surface area contributed by atoms with E-state index in [0.29, 0.717) is 48.0 Å². The number of aromatic nitrogens is 1. The summed E-state index contributed by atoms with van der Waals surface area (Å²) in [4.78, 5) is 28.0. The summed E-state index contributed by atoms with van der Waals surface area (Å²) < 4.78 is 5.79. The summed E-state index contributed by atoms with van der Waals surface area (Å²) in [6.07, 6.45) is 2.01. The molecule has 8 nitrogen and oxygen atoms in total. The number of carbonyl (C=O) groups is 2. The molecule has 0 radical (unpaired) electrons. The second-order valence-electron chi connectivity index (χ2n) is 7.75. The van der Waals surface area contributed by atoms with Crippen LogP contribution in [0, 0.1) is 17.2 Å². The van der Waals surface area contributed by atoms with Gasteiger partial charge in [-0.05, 0) is 56.0 Å². The van der Waals surface area contributed by atoms with E-state index in [2.05, 4.69) is 10.3 Å². The highest BCUT2D eigenvalue weighted by molar-refractivity contribution is 6.03. The van der Waals surface area contributed by atoms with Crippen molar-refractivity contribution >= 4 is 22.6 Å². The van der Waals surface area contributed by atoms with Gasteiger partial charge in [-0.1, -0.05) is 18.2 Å². The fourth-order valence-corrected chi connectivity index (χ4v) is 3.95. The molecule has 0 spiro atoms. The maximum atomic E-state index is 12.8. The maximum absolute atomic E-state index is 12.8. The summed E-state index contributed by atoms with van der Waals surface area (Å²) in [5, 5.41) is 32.9. The normalized spacial score (nSPS) is 18.0. The number of hydrogen-bond donors (Lipinski definition) is 3. The molecular weight excluding hydrogens is 410 g/mol. The van der Waals surface area contributed by atoms with Crippen molar-refractivity contribution in [3.8, 4) is 23.3 Å². The molecule has 1 aliphatic carbocycles. The van der Waals surface area contributed by atoms with Crippen LogP contribution in [0.1, 0.15) is 41.9 Å². The van der Waals surface area contributed by atoms with E-state index < -0.39 is 17.8 Å². The second-order valence-corrected chi connectivity index (χ2v) is 7.75. The van der Waals surface area contributed by atoms with Crippen molar-refractivity contribution in [2.75, 3.05) is 0 Å². The van der Waals surface area contributed by atoms with Crippen molar-refractivity contribution in [1.82, 2.24) is 10.3 Å². The first-order valence-corrected chi connectivity index (χ1v) is 10.3. The maximum Gasteiger partial charge on any atom is 0.306 e. The average molecular weight is 431 g/mol. The van der Waals surface area contributed by atoms with Crippen molar-refractivity contribution in [2.24, 2.45) is 5.92 Å². The lowest BCUT2D eigenvalue weighted by molar-refractivity contribution is -0.142. The molecule has 2 aromatic carbocycles. The number of aliphatic carboxylic acids is 1. The third-order valence-corrected chi connectivity index (χ3v) is 5.66. The molecule has 0 aliphatic heterocycles. The molecule has 0 atom stereocenters. The zero-order valence-electron chi connectivity index (χ0n) is 17.1. The topological polar surface area (TPSA) is 133 Å². The minimum atomic E-state index is -0.821. The van der Waals surface area contributed by atoms with Gasteiger partial charge in [0.25, 0.3) is 5.91 Å². The second kappa shape index (κ2) is 8.94. The number of carboxylic acids is 1. The molecule has 3 N–H and O–H groups in total. The van der Waals surface area contributed by atoms with Crippen LogP contribution < -0.4 is 10.1 Å². The van der Waals surface area contributed by atoms with Crippen LogP contribution in [0.15, 0.2) is 48.5 Å². The summed E-state index contributed by atoms with van der Waals surface area (Å²) in [5.74, 6) is -1.04. The van der Waals surface area contributed by atoms with Gasteiger partial charge in [0, 0.05) is 16.8 Å². The standard InChI is InChI=1S/C24H21N3O5/c25-13-20-19-12-17(32-16-4-2-1-3-5-16)10-11-18(19)22(28)21(27-20)23(29)26-15-8-6-14(7-9-15)24(30)31/h1-5,10-12,14-15,28H,6-9H2,(H,26,29)(H,30,31). The fraction of sp³-hybridized carbons (Fsp3) is 0.250.